The third-order valence-corrected chi connectivity index (χ3v) is 4.15. The molecule has 0 radical (unpaired) electrons. The normalized spacial score (nSPS) is 18.6. The van der Waals surface area contributed by atoms with Crippen molar-refractivity contribution >= 4 is 0 Å². The molecular weight excluding hydrogens is 262 g/mol. The minimum Gasteiger partial charge on any atom is -0.497 e. The molecule has 20 heavy (non-hydrogen) atoms. The van der Waals surface area contributed by atoms with E-state index in [2.05, 4.69) is 0 Å². The van der Waals surface area contributed by atoms with Gasteiger partial charge in [-0.25, -0.2) is 8.78 Å². The molecule has 1 atom stereocenters. The predicted octanol–water partition coefficient (Wildman–Crippen LogP) is 4.37. The van der Waals surface area contributed by atoms with Crippen LogP contribution in [-0.4, -0.2) is 12.2 Å². The average molecular weight is 284 g/mol. The molecule has 1 fully saturated rings. The third-order valence-electron chi connectivity index (χ3n) is 4.15. The number of hydrogen-bond acceptors (Lipinski definition) is 2. The summed E-state index contributed by atoms with van der Waals surface area (Å²) < 4.78 is 32.6. The van der Waals surface area contributed by atoms with Crippen LogP contribution in [0.3, 0.4) is 0 Å². The van der Waals surface area contributed by atoms with Gasteiger partial charge >= 0.3 is 0 Å². The second-order valence-corrected chi connectivity index (χ2v) is 5.61. The Hall–Kier alpha value is -1.16. The van der Waals surface area contributed by atoms with Crippen molar-refractivity contribution in [1.29, 1.82) is 0 Å². The molecule has 1 N–H and O–H groups in total. The van der Waals surface area contributed by atoms with Crippen LogP contribution in [0.2, 0.25) is 0 Å². The summed E-state index contributed by atoms with van der Waals surface area (Å²) in [5.74, 6) is -0.982. The Kier molecular flexibility index (Phi) is 5.35. The van der Waals surface area contributed by atoms with E-state index in [4.69, 9.17) is 4.74 Å². The smallest absolute Gasteiger partial charge is 0.135 e. The zero-order valence-corrected chi connectivity index (χ0v) is 11.9. The first-order valence-electron chi connectivity index (χ1n) is 7.32. The van der Waals surface area contributed by atoms with Gasteiger partial charge in [0.1, 0.15) is 17.4 Å². The van der Waals surface area contributed by atoms with E-state index in [1.165, 1.54) is 20.0 Å². The van der Waals surface area contributed by atoms with E-state index in [0.717, 1.165) is 37.8 Å². The first-order valence-corrected chi connectivity index (χ1v) is 7.32. The van der Waals surface area contributed by atoms with Crippen molar-refractivity contribution in [1.82, 2.24) is 0 Å². The summed E-state index contributed by atoms with van der Waals surface area (Å²) in [4.78, 5) is 0. The lowest BCUT2D eigenvalue weighted by atomic mass is 9.90. The maximum atomic E-state index is 13.9. The van der Waals surface area contributed by atoms with Crippen LogP contribution in [0, 0.1) is 17.6 Å². The van der Waals surface area contributed by atoms with Crippen LogP contribution in [0.25, 0.3) is 0 Å². The number of aliphatic hydroxyl groups excluding tert-OH is 1. The van der Waals surface area contributed by atoms with Gasteiger partial charge in [-0.05, 0) is 12.3 Å². The monoisotopic (exact) mass is 284 g/mol. The molecule has 1 aliphatic rings. The van der Waals surface area contributed by atoms with Gasteiger partial charge in [-0.2, -0.15) is 0 Å². The lowest BCUT2D eigenvalue weighted by Gasteiger charge is -2.20. The van der Waals surface area contributed by atoms with Crippen LogP contribution in [0.15, 0.2) is 12.1 Å². The van der Waals surface area contributed by atoms with Gasteiger partial charge in [0.15, 0.2) is 0 Å². The number of methoxy groups -OCH3 is 1. The summed E-state index contributed by atoms with van der Waals surface area (Å²) in [6.07, 6.45) is 6.16. The Morgan fingerprint density at radius 3 is 2.20 bits per heavy atom. The quantitative estimate of drug-likeness (QED) is 0.832. The summed E-state index contributed by atoms with van der Waals surface area (Å²) >= 11 is 0. The Balaban J connectivity index is 2.10. The number of ether oxygens (including phenoxy) is 1. The largest absolute Gasteiger partial charge is 0.497 e. The zero-order valence-electron chi connectivity index (χ0n) is 11.9. The molecule has 4 heteroatoms. The van der Waals surface area contributed by atoms with Crippen LogP contribution in [0.5, 0.6) is 5.75 Å². The van der Waals surface area contributed by atoms with Crippen molar-refractivity contribution in [3.63, 3.8) is 0 Å². The van der Waals surface area contributed by atoms with E-state index in [-0.39, 0.29) is 11.3 Å². The summed E-state index contributed by atoms with van der Waals surface area (Å²) in [5, 5.41) is 10.2. The van der Waals surface area contributed by atoms with Gasteiger partial charge < -0.3 is 9.84 Å². The fraction of sp³-hybridized carbons (Fsp3) is 0.625. The van der Waals surface area contributed by atoms with Crippen molar-refractivity contribution in [3.05, 3.63) is 29.3 Å². The van der Waals surface area contributed by atoms with Crippen LogP contribution >= 0.6 is 0 Å². The molecule has 0 aromatic heterocycles. The molecule has 0 bridgehead atoms. The fourth-order valence-corrected chi connectivity index (χ4v) is 3.03. The molecule has 0 amide bonds. The van der Waals surface area contributed by atoms with Crippen molar-refractivity contribution in [2.45, 2.75) is 51.0 Å². The van der Waals surface area contributed by atoms with Gasteiger partial charge in [0.25, 0.3) is 0 Å². The van der Waals surface area contributed by atoms with Crippen LogP contribution in [0.4, 0.5) is 8.78 Å². The van der Waals surface area contributed by atoms with E-state index in [9.17, 15) is 13.9 Å². The highest BCUT2D eigenvalue weighted by atomic mass is 19.1. The van der Waals surface area contributed by atoms with Crippen molar-refractivity contribution in [2.24, 2.45) is 5.92 Å². The summed E-state index contributed by atoms with van der Waals surface area (Å²) in [6, 6.07) is 2.24. The zero-order chi connectivity index (χ0) is 14.5. The van der Waals surface area contributed by atoms with Gasteiger partial charge in [0.2, 0.25) is 0 Å². The lowest BCUT2D eigenvalue weighted by Crippen LogP contribution is -2.10. The standard InChI is InChI=1S/C16H22F2O2/c1-20-12-9-13(17)16(14(18)10-12)15(19)8-11-6-4-2-3-5-7-11/h9-11,15,19H,2-8H2,1H3. The first kappa shape index (κ1) is 15.2. The number of aliphatic hydroxyl groups is 1. The Morgan fingerprint density at radius 1 is 1.15 bits per heavy atom. The summed E-state index contributed by atoms with van der Waals surface area (Å²) in [7, 11) is 1.36. The van der Waals surface area contributed by atoms with Crippen LogP contribution < -0.4 is 4.74 Å². The highest BCUT2D eigenvalue weighted by molar-refractivity contribution is 5.31. The minimum absolute atomic E-state index is 0.130. The van der Waals surface area contributed by atoms with E-state index in [0.29, 0.717) is 12.3 Å². The number of halogens is 2. The minimum atomic E-state index is -1.08. The SMILES string of the molecule is COc1cc(F)c(C(O)CC2CCCCCC2)c(F)c1. The van der Waals surface area contributed by atoms with Crippen molar-refractivity contribution in [3.8, 4) is 5.75 Å². The maximum absolute atomic E-state index is 13.9. The molecule has 1 unspecified atom stereocenters. The Morgan fingerprint density at radius 2 is 1.70 bits per heavy atom. The van der Waals surface area contributed by atoms with Crippen LogP contribution in [-0.2, 0) is 0 Å². The average Bonchev–Trinajstić information content (AvgIpc) is 2.66. The molecule has 1 aromatic carbocycles. The molecule has 1 aliphatic carbocycles. The fourth-order valence-electron chi connectivity index (χ4n) is 3.03. The topological polar surface area (TPSA) is 29.5 Å². The summed E-state index contributed by atoms with van der Waals surface area (Å²) in [5.41, 5.74) is -0.227. The van der Waals surface area contributed by atoms with Gasteiger partial charge in [-0.15, -0.1) is 0 Å². The van der Waals surface area contributed by atoms with Gasteiger partial charge in [0.05, 0.1) is 18.8 Å². The third kappa shape index (κ3) is 3.69. The molecule has 0 heterocycles. The van der Waals surface area contributed by atoms with Gasteiger partial charge in [0, 0.05) is 12.1 Å². The second-order valence-electron chi connectivity index (χ2n) is 5.61. The van der Waals surface area contributed by atoms with E-state index in [1.807, 2.05) is 0 Å². The highest BCUT2D eigenvalue weighted by Crippen LogP contribution is 2.34. The maximum Gasteiger partial charge on any atom is 0.135 e. The number of hydrogen-bond donors (Lipinski definition) is 1. The molecule has 0 aliphatic heterocycles. The molecule has 112 valence electrons. The molecule has 2 nitrogen and oxygen atoms in total. The van der Waals surface area contributed by atoms with Crippen molar-refractivity contribution in [2.75, 3.05) is 7.11 Å². The molecule has 0 saturated heterocycles. The molecule has 1 saturated carbocycles. The number of rotatable bonds is 4. The van der Waals surface area contributed by atoms with E-state index < -0.39 is 17.7 Å². The molecule has 2 rings (SSSR count). The highest BCUT2D eigenvalue weighted by Gasteiger charge is 2.23. The first-order chi connectivity index (χ1) is 9.61. The van der Waals surface area contributed by atoms with E-state index in [1.54, 1.807) is 0 Å². The summed E-state index contributed by atoms with van der Waals surface area (Å²) in [6.45, 7) is 0. The number of benzene rings is 1. The van der Waals surface area contributed by atoms with Crippen LogP contribution in [0.1, 0.15) is 56.6 Å². The van der Waals surface area contributed by atoms with E-state index >= 15 is 0 Å². The van der Waals surface area contributed by atoms with Crippen molar-refractivity contribution < 1.29 is 18.6 Å². The molecule has 1 aromatic rings. The second kappa shape index (κ2) is 7.02. The van der Waals surface area contributed by atoms with Gasteiger partial charge in [-0.1, -0.05) is 38.5 Å². The molecular formula is C16H22F2O2. The lowest BCUT2D eigenvalue weighted by molar-refractivity contribution is 0.130. The predicted molar refractivity (Wildman–Crippen MR) is 73.7 cm³/mol. The Bertz CT molecular complexity index is 417. The Labute approximate surface area is 118 Å². The molecule has 0 spiro atoms. The van der Waals surface area contributed by atoms with Gasteiger partial charge in [-0.3, -0.25) is 0 Å².